The van der Waals surface area contributed by atoms with E-state index in [1.54, 1.807) is 11.1 Å². The summed E-state index contributed by atoms with van der Waals surface area (Å²) in [7, 11) is 0. The van der Waals surface area contributed by atoms with Gasteiger partial charge in [-0.1, -0.05) is 58.4 Å². The third-order valence-corrected chi connectivity index (χ3v) is 7.45. The second kappa shape index (κ2) is 5.07. The normalized spacial score (nSPS) is 35.8. The first-order valence-electron chi connectivity index (χ1n) is 10.7. The van der Waals surface area contributed by atoms with Gasteiger partial charge in [0, 0.05) is 5.57 Å². The number of allylic oxidation sites excluding steroid dienone is 1. The molecule has 3 aliphatic carbocycles. The smallest absolute Gasteiger partial charge is 0.0911 e. The van der Waals surface area contributed by atoms with E-state index >= 15 is 0 Å². The van der Waals surface area contributed by atoms with Gasteiger partial charge in [-0.2, -0.15) is 5.10 Å². The van der Waals surface area contributed by atoms with Crippen molar-refractivity contribution in [2.24, 2.45) is 21.3 Å². The van der Waals surface area contributed by atoms with Gasteiger partial charge in [-0.05, 0) is 73.3 Å². The molecule has 0 radical (unpaired) electrons. The van der Waals surface area contributed by atoms with Gasteiger partial charge in [0.05, 0.1) is 16.9 Å². The molecule has 4 aliphatic rings. The van der Waals surface area contributed by atoms with Gasteiger partial charge in [0.25, 0.3) is 0 Å². The van der Waals surface area contributed by atoms with Gasteiger partial charge < -0.3 is 0 Å². The largest absolute Gasteiger partial charge is 0.254 e. The number of rotatable bonds is 1. The first kappa shape index (κ1) is 17.5. The summed E-state index contributed by atoms with van der Waals surface area (Å²) >= 11 is 0. The van der Waals surface area contributed by atoms with E-state index in [1.165, 1.54) is 49.1 Å². The fourth-order valence-corrected chi connectivity index (χ4v) is 7.52. The van der Waals surface area contributed by atoms with Crippen molar-refractivity contribution in [1.82, 2.24) is 0 Å². The van der Waals surface area contributed by atoms with Gasteiger partial charge in [0.2, 0.25) is 0 Å². The second-order valence-electron chi connectivity index (χ2n) is 11.9. The van der Waals surface area contributed by atoms with Crippen LogP contribution in [0.1, 0.15) is 78.7 Å². The summed E-state index contributed by atoms with van der Waals surface area (Å²) in [6.07, 6.45) is 7.45. The summed E-state index contributed by atoms with van der Waals surface area (Å²) in [5.74, 6) is 0. The molecule has 2 heteroatoms. The van der Waals surface area contributed by atoms with E-state index in [9.17, 15) is 0 Å². The predicted molar refractivity (Wildman–Crippen MR) is 114 cm³/mol. The fraction of sp³-hybridized carbons (Fsp3) is 0.640. The summed E-state index contributed by atoms with van der Waals surface area (Å²) < 4.78 is 0. The Bertz CT molecular complexity index is 887. The first-order valence-corrected chi connectivity index (χ1v) is 10.7. The quantitative estimate of drug-likeness (QED) is 0.546. The monoisotopic (exact) mass is 362 g/mol. The number of hydrogen-bond acceptors (Lipinski definition) is 2. The van der Waals surface area contributed by atoms with Gasteiger partial charge >= 0.3 is 0 Å². The number of hydrogen-bond donors (Lipinski definition) is 0. The van der Waals surface area contributed by atoms with Crippen molar-refractivity contribution in [2.45, 2.75) is 85.6 Å². The molecule has 1 aromatic rings. The molecule has 1 aliphatic heterocycles. The number of anilines is 1. The second-order valence-corrected chi connectivity index (χ2v) is 11.9. The average Bonchev–Trinajstić information content (AvgIpc) is 2.76. The molecule has 0 aromatic heterocycles. The van der Waals surface area contributed by atoms with Crippen LogP contribution in [0.4, 0.5) is 5.69 Å². The van der Waals surface area contributed by atoms with Crippen molar-refractivity contribution in [3.8, 4) is 0 Å². The van der Waals surface area contributed by atoms with E-state index in [1.807, 2.05) is 0 Å². The Labute approximate surface area is 164 Å². The molecule has 2 nitrogen and oxygen atoms in total. The van der Waals surface area contributed by atoms with Crippen LogP contribution in [0.5, 0.6) is 0 Å². The van der Waals surface area contributed by atoms with Crippen LogP contribution < -0.4 is 5.01 Å². The highest BCUT2D eigenvalue weighted by atomic mass is 15.5. The Balaban J connectivity index is 1.77. The van der Waals surface area contributed by atoms with E-state index in [0.29, 0.717) is 16.2 Å². The van der Waals surface area contributed by atoms with Crippen molar-refractivity contribution < 1.29 is 0 Å². The maximum atomic E-state index is 5.38. The molecule has 0 amide bonds. The maximum Gasteiger partial charge on any atom is 0.0911 e. The summed E-state index contributed by atoms with van der Waals surface area (Å²) in [6.45, 7) is 14.6. The SMILES string of the molecule is Cc1ccccc1N1N=C2CC(C)(C)CC3=C2C12CC(C)(C)CC(C)(C3)C2. The van der Waals surface area contributed by atoms with Gasteiger partial charge in [-0.25, -0.2) is 0 Å². The average molecular weight is 363 g/mol. The lowest BCUT2D eigenvalue weighted by Gasteiger charge is -2.59. The van der Waals surface area contributed by atoms with Crippen molar-refractivity contribution in [1.29, 1.82) is 0 Å². The fourth-order valence-electron chi connectivity index (χ4n) is 7.52. The number of para-hydroxylation sites is 1. The first-order chi connectivity index (χ1) is 12.5. The highest BCUT2D eigenvalue weighted by Gasteiger charge is 2.62. The van der Waals surface area contributed by atoms with Crippen molar-refractivity contribution >= 4 is 11.4 Å². The van der Waals surface area contributed by atoms with Crippen LogP contribution in [0.15, 0.2) is 40.5 Å². The summed E-state index contributed by atoms with van der Waals surface area (Å²) in [4.78, 5) is 0. The predicted octanol–water partition coefficient (Wildman–Crippen LogP) is 6.65. The molecular formula is C25H34N2. The lowest BCUT2D eigenvalue weighted by molar-refractivity contribution is 0.0381. The number of benzene rings is 1. The number of fused-ring (bicyclic) bond motifs is 1. The summed E-state index contributed by atoms with van der Waals surface area (Å²) in [6, 6.07) is 8.85. The van der Waals surface area contributed by atoms with E-state index in [4.69, 9.17) is 5.10 Å². The highest BCUT2D eigenvalue weighted by molar-refractivity contribution is 6.08. The minimum Gasteiger partial charge on any atom is -0.254 e. The molecular weight excluding hydrogens is 328 g/mol. The van der Waals surface area contributed by atoms with E-state index in [2.05, 4.69) is 70.8 Å². The van der Waals surface area contributed by atoms with Crippen molar-refractivity contribution in [3.05, 3.63) is 41.0 Å². The standard InChI is InChI=1S/C25H34N2/c1-17-9-7-8-10-20(17)27-25-15-23(4,5)14-24(6,16-25)12-18-11-22(2,3)13-19(26-27)21(18)25/h7-10H,11-16H2,1-6H3. The van der Waals surface area contributed by atoms with Crippen LogP contribution in [0, 0.1) is 23.2 Å². The lowest BCUT2D eigenvalue weighted by atomic mass is 9.48. The zero-order valence-electron chi connectivity index (χ0n) is 17.9. The highest BCUT2D eigenvalue weighted by Crippen LogP contribution is 2.65. The Morgan fingerprint density at radius 2 is 1.59 bits per heavy atom. The molecule has 2 atom stereocenters. The molecule has 144 valence electrons. The molecule has 1 heterocycles. The molecule has 2 unspecified atom stereocenters. The minimum absolute atomic E-state index is 0.0715. The van der Waals surface area contributed by atoms with Gasteiger partial charge in [-0.15, -0.1) is 0 Å². The molecule has 2 bridgehead atoms. The molecule has 1 aromatic carbocycles. The molecule has 0 saturated heterocycles. The summed E-state index contributed by atoms with van der Waals surface area (Å²) in [5.41, 5.74) is 8.56. The van der Waals surface area contributed by atoms with Gasteiger partial charge in [0.1, 0.15) is 0 Å². The van der Waals surface area contributed by atoms with Crippen LogP contribution in [0.3, 0.4) is 0 Å². The third kappa shape index (κ3) is 2.48. The molecule has 27 heavy (non-hydrogen) atoms. The lowest BCUT2D eigenvalue weighted by Crippen LogP contribution is -2.58. The Kier molecular flexibility index (Phi) is 3.29. The maximum absolute atomic E-state index is 5.38. The zero-order chi connectivity index (χ0) is 19.2. The van der Waals surface area contributed by atoms with Crippen LogP contribution >= 0.6 is 0 Å². The molecule has 1 spiro atoms. The zero-order valence-corrected chi connectivity index (χ0v) is 17.9. The van der Waals surface area contributed by atoms with E-state index in [0.717, 1.165) is 6.42 Å². The Morgan fingerprint density at radius 3 is 2.33 bits per heavy atom. The number of aryl methyl sites for hydroxylation is 1. The van der Waals surface area contributed by atoms with Crippen LogP contribution in [-0.2, 0) is 0 Å². The Hall–Kier alpha value is -1.57. The van der Waals surface area contributed by atoms with Crippen molar-refractivity contribution in [2.75, 3.05) is 5.01 Å². The van der Waals surface area contributed by atoms with E-state index in [-0.39, 0.29) is 5.54 Å². The topological polar surface area (TPSA) is 15.6 Å². The Morgan fingerprint density at radius 1 is 0.852 bits per heavy atom. The number of hydrazone groups is 1. The third-order valence-electron chi connectivity index (χ3n) is 7.45. The molecule has 5 rings (SSSR count). The van der Waals surface area contributed by atoms with Crippen LogP contribution in [0.2, 0.25) is 0 Å². The van der Waals surface area contributed by atoms with Gasteiger partial charge in [0.15, 0.2) is 0 Å². The molecule has 0 N–H and O–H groups in total. The summed E-state index contributed by atoms with van der Waals surface area (Å²) in [5, 5.41) is 7.86. The molecule has 1 fully saturated rings. The van der Waals surface area contributed by atoms with Crippen molar-refractivity contribution in [3.63, 3.8) is 0 Å². The molecule has 1 saturated carbocycles. The van der Waals surface area contributed by atoms with Crippen LogP contribution in [-0.4, -0.2) is 11.3 Å². The minimum atomic E-state index is 0.0715. The van der Waals surface area contributed by atoms with Gasteiger partial charge in [-0.3, -0.25) is 5.01 Å². The van der Waals surface area contributed by atoms with Crippen LogP contribution in [0.25, 0.3) is 0 Å². The van der Waals surface area contributed by atoms with E-state index < -0.39 is 0 Å². The number of nitrogens with zero attached hydrogens (tertiary/aromatic N) is 2.